The Hall–Kier alpha value is -6.36. The molecule has 2 fully saturated rings. The van der Waals surface area contributed by atoms with Crippen molar-refractivity contribution >= 4 is 47.2 Å². The Morgan fingerprint density at radius 1 is 0.767 bits per heavy atom. The lowest BCUT2D eigenvalue weighted by molar-refractivity contribution is -0.121. The topological polar surface area (TPSA) is 225 Å². The summed E-state index contributed by atoms with van der Waals surface area (Å²) in [5.74, 6) is -0.288. The Balaban J connectivity index is 0.000000149. The molecule has 2 aromatic carbocycles. The summed E-state index contributed by atoms with van der Waals surface area (Å²) < 4.78 is 11.0. The predicted octanol–water partition coefficient (Wildman–Crippen LogP) is 4.84. The summed E-state index contributed by atoms with van der Waals surface area (Å²) in [5.41, 5.74) is 10.3. The number of hydrogen-bond acceptors (Lipinski definition) is 13. The van der Waals surface area contributed by atoms with Crippen LogP contribution in [-0.4, -0.2) is 84.2 Å². The van der Waals surface area contributed by atoms with Gasteiger partial charge in [0.2, 0.25) is 5.01 Å². The van der Waals surface area contributed by atoms with Gasteiger partial charge < -0.3 is 25.6 Å². The van der Waals surface area contributed by atoms with E-state index in [1.807, 2.05) is 36.4 Å². The highest BCUT2D eigenvalue weighted by molar-refractivity contribution is 7.13. The fourth-order valence-corrected chi connectivity index (χ4v) is 8.09. The molecule has 2 atom stereocenters. The molecule has 0 saturated heterocycles. The molecule has 0 spiro atoms. The second-order valence-electron chi connectivity index (χ2n) is 14.7. The Morgan fingerprint density at radius 2 is 1.33 bits per heavy atom. The number of halogens is 1. The lowest BCUT2D eigenvalue weighted by Gasteiger charge is -2.14. The normalized spacial score (nSPS) is 18.9. The molecule has 15 nitrogen and oxygen atoms in total. The predicted molar refractivity (Wildman–Crippen MR) is 222 cm³/mol. The number of pyridine rings is 2. The van der Waals surface area contributed by atoms with Crippen LogP contribution in [0.3, 0.4) is 0 Å². The van der Waals surface area contributed by atoms with Crippen molar-refractivity contribution in [2.24, 2.45) is 5.73 Å². The number of H-pyrrole nitrogens is 1. The van der Waals surface area contributed by atoms with E-state index in [4.69, 9.17) is 20.3 Å². The molecule has 17 heteroatoms. The smallest absolute Gasteiger partial charge is 0.367 e. The number of rotatable bonds is 7. The van der Waals surface area contributed by atoms with Crippen LogP contribution in [0.15, 0.2) is 103 Å². The van der Waals surface area contributed by atoms with Crippen LogP contribution in [0.4, 0.5) is 0 Å². The van der Waals surface area contributed by atoms with Crippen LogP contribution in [-0.2, 0) is 33.3 Å². The highest BCUT2D eigenvalue weighted by Gasteiger charge is 2.49. The first-order valence-electron chi connectivity index (χ1n) is 19.1. The number of Topliss-reactive ketones (excluding diaryl/α,β-unsaturated/α-hetero) is 2. The van der Waals surface area contributed by atoms with Crippen molar-refractivity contribution < 1.29 is 33.8 Å². The Kier molecular flexibility index (Phi) is 12.4. The van der Waals surface area contributed by atoms with E-state index in [9.17, 15) is 19.2 Å². The summed E-state index contributed by atoms with van der Waals surface area (Å²) in [7, 11) is 0. The second-order valence-corrected chi connectivity index (χ2v) is 15.7. The van der Waals surface area contributed by atoms with E-state index in [1.54, 1.807) is 42.7 Å². The number of aromatic amines is 1. The number of ether oxygens (including phenoxy) is 2. The summed E-state index contributed by atoms with van der Waals surface area (Å²) >= 11 is 1.18. The van der Waals surface area contributed by atoms with E-state index in [2.05, 4.69) is 59.9 Å². The number of carbonyl (C=O) groups is 4. The molecule has 2 aliphatic heterocycles. The van der Waals surface area contributed by atoms with Gasteiger partial charge in [-0.15, -0.1) is 22.6 Å². The minimum absolute atomic E-state index is 0. The van der Waals surface area contributed by atoms with Crippen molar-refractivity contribution in [3.05, 3.63) is 147 Å². The van der Waals surface area contributed by atoms with Gasteiger partial charge in [-0.2, -0.15) is 5.10 Å². The van der Waals surface area contributed by atoms with E-state index >= 15 is 0 Å². The average molecular weight is 849 g/mol. The van der Waals surface area contributed by atoms with E-state index in [1.165, 1.54) is 22.5 Å². The minimum atomic E-state index is -1.00. The largest absolute Gasteiger partial charge is 0.490 e. The van der Waals surface area contributed by atoms with Crippen LogP contribution in [0.2, 0.25) is 0 Å². The van der Waals surface area contributed by atoms with Gasteiger partial charge in [-0.3, -0.25) is 29.5 Å². The quantitative estimate of drug-likeness (QED) is 0.169. The molecule has 2 aliphatic carbocycles. The van der Waals surface area contributed by atoms with Gasteiger partial charge in [0.25, 0.3) is 5.91 Å². The maximum atomic E-state index is 12.7. The first kappa shape index (κ1) is 41.8. The van der Waals surface area contributed by atoms with Gasteiger partial charge in [-0.1, -0.05) is 72.0 Å². The van der Waals surface area contributed by atoms with Crippen molar-refractivity contribution in [1.29, 1.82) is 0 Å². The molecular formula is C43H41ClN8O7S. The van der Waals surface area contributed by atoms with Gasteiger partial charge in [0.05, 0.1) is 30.3 Å². The van der Waals surface area contributed by atoms with Crippen molar-refractivity contribution in [2.45, 2.75) is 61.4 Å². The highest BCUT2D eigenvalue weighted by Crippen LogP contribution is 2.54. The molecule has 10 rings (SSSR count). The van der Waals surface area contributed by atoms with Crippen LogP contribution in [0.1, 0.15) is 79.2 Å². The van der Waals surface area contributed by atoms with Crippen LogP contribution in [0.5, 0.6) is 11.5 Å². The van der Waals surface area contributed by atoms with Crippen molar-refractivity contribution in [1.82, 2.24) is 35.7 Å². The van der Waals surface area contributed by atoms with Gasteiger partial charge >= 0.3 is 5.97 Å². The number of carboxylic acid groups (broad SMARTS) is 1. The number of carbonyl (C=O) groups excluding carboxylic acids is 3. The number of nitrogens with one attached hydrogen (secondary N) is 2. The maximum Gasteiger partial charge on any atom is 0.367 e. The Labute approximate surface area is 354 Å². The number of nitrogens with two attached hydrogens (primary N) is 1. The molecular weight excluding hydrogens is 808 g/mol. The fraction of sp³-hybridized carbons (Fsp3) is 0.279. The van der Waals surface area contributed by atoms with Gasteiger partial charge in [0.1, 0.15) is 41.5 Å². The molecule has 60 heavy (non-hydrogen) atoms. The molecule has 5 N–H and O–H groups in total. The van der Waals surface area contributed by atoms with Gasteiger partial charge in [0, 0.05) is 28.9 Å². The second kappa shape index (κ2) is 17.9. The number of fused-ring (bicyclic) bond motifs is 2. The first-order chi connectivity index (χ1) is 28.6. The standard InChI is InChI=1S/C22H20N4O3.C12H10N2O2S.C9H10N2O2.ClH/c27-18-11-15-19(7-4-10-23-15)29-13-17(18)24-21(28)16-12-20(26-25-16)22(8-9-22)14-5-2-1-3-6-14;15-10(16)9-13-14-11(17-9)12(6-7-12)8-4-2-1-3-5-8;10-6-5-13-9-2-1-3-11-7(9)4-8(6)12;/h1-7,10,12,17H,8-9,11,13H2,(H,24,28)(H,25,26);1-5H,6-7H2,(H,15,16);1-3,6H,4-5,10H2;1H/t17-;;6-;/m0.0./s1. The molecule has 1 amide bonds. The number of hydrogen-bond donors (Lipinski definition) is 4. The summed E-state index contributed by atoms with van der Waals surface area (Å²) in [6, 6.07) is 28.0. The molecule has 0 radical (unpaired) electrons. The third-order valence-electron chi connectivity index (χ3n) is 10.8. The zero-order valence-electron chi connectivity index (χ0n) is 32.2. The molecule has 0 bridgehead atoms. The third kappa shape index (κ3) is 8.95. The van der Waals surface area contributed by atoms with E-state index in [0.717, 1.165) is 36.4 Å². The number of benzene rings is 2. The number of nitrogens with zero attached hydrogens (tertiary/aromatic N) is 5. The van der Waals surface area contributed by atoms with Crippen LogP contribution >= 0.6 is 23.7 Å². The molecule has 6 aromatic rings. The zero-order chi connectivity index (χ0) is 41.0. The number of ketones is 2. The number of amides is 1. The molecule has 4 aromatic heterocycles. The first-order valence-corrected chi connectivity index (χ1v) is 20.0. The summed E-state index contributed by atoms with van der Waals surface area (Å²) in [6.45, 7) is 0.325. The fourth-order valence-electron chi connectivity index (χ4n) is 7.14. The maximum absolute atomic E-state index is 12.7. The van der Waals surface area contributed by atoms with Gasteiger partial charge in [-0.25, -0.2) is 4.79 Å². The Bertz CT molecular complexity index is 2490. The lowest BCUT2D eigenvalue weighted by Crippen LogP contribution is -2.44. The average Bonchev–Trinajstić information content (AvgIpc) is 4.16. The van der Waals surface area contributed by atoms with E-state index < -0.39 is 24.0 Å². The lowest BCUT2D eigenvalue weighted by atomic mass is 9.92. The van der Waals surface area contributed by atoms with Gasteiger partial charge in [-0.05, 0) is 67.1 Å². The Morgan fingerprint density at radius 3 is 1.90 bits per heavy atom. The molecule has 4 aliphatic rings. The number of aromatic carboxylic acids is 1. The molecule has 2 saturated carbocycles. The zero-order valence-corrected chi connectivity index (χ0v) is 33.8. The highest BCUT2D eigenvalue weighted by atomic mass is 35.5. The van der Waals surface area contributed by atoms with Crippen molar-refractivity contribution in [2.75, 3.05) is 13.2 Å². The van der Waals surface area contributed by atoms with Crippen molar-refractivity contribution in [3.8, 4) is 11.5 Å². The summed E-state index contributed by atoms with van der Waals surface area (Å²) in [4.78, 5) is 55.7. The minimum Gasteiger partial charge on any atom is -0.490 e. The summed E-state index contributed by atoms with van der Waals surface area (Å²) in [5, 5.41) is 27.5. The van der Waals surface area contributed by atoms with E-state index in [0.29, 0.717) is 22.9 Å². The molecule has 0 unspecified atom stereocenters. The summed E-state index contributed by atoms with van der Waals surface area (Å²) in [6.07, 6.45) is 7.74. The van der Waals surface area contributed by atoms with Crippen LogP contribution < -0.4 is 20.5 Å². The van der Waals surface area contributed by atoms with E-state index in [-0.39, 0.29) is 71.6 Å². The number of carboxylic acids is 1. The van der Waals surface area contributed by atoms with Gasteiger partial charge in [0.15, 0.2) is 11.6 Å². The van der Waals surface area contributed by atoms with Crippen LogP contribution in [0.25, 0.3) is 0 Å². The SMILES string of the molecule is Cl.N[C@H]1COc2cccnc2CC1=O.O=C(N[C@H]1COc2cccnc2CC1=O)c1cc(C2(c3ccccc3)CC2)[nH]n1.O=C(O)c1nnc(C2(c3ccccc3)CC2)s1. The third-order valence-corrected chi connectivity index (χ3v) is 11.9. The number of aromatic nitrogens is 6. The monoisotopic (exact) mass is 848 g/mol. The molecule has 308 valence electrons. The van der Waals surface area contributed by atoms with Crippen LogP contribution in [0, 0.1) is 0 Å². The molecule has 6 heterocycles. The van der Waals surface area contributed by atoms with Crippen molar-refractivity contribution in [3.63, 3.8) is 0 Å².